The highest BCUT2D eigenvalue weighted by molar-refractivity contribution is 6.32. The summed E-state index contributed by atoms with van der Waals surface area (Å²) >= 11 is 13.1. The van der Waals surface area contributed by atoms with Gasteiger partial charge in [0.2, 0.25) is 5.95 Å². The van der Waals surface area contributed by atoms with Crippen LogP contribution in [0.2, 0.25) is 5.02 Å². The molecule has 1 saturated heterocycles. The molecule has 11 heteroatoms. The van der Waals surface area contributed by atoms with Crippen molar-refractivity contribution >= 4 is 40.8 Å². The molecular formula is C32H31Cl2FN6O2. The molecular weight excluding hydrogens is 590 g/mol. The fraction of sp³-hybridized carbons (Fsp3) is 0.312. The summed E-state index contributed by atoms with van der Waals surface area (Å²) in [6.07, 6.45) is 7.31. The molecule has 0 bridgehead atoms. The van der Waals surface area contributed by atoms with Gasteiger partial charge in [0.1, 0.15) is 11.6 Å². The van der Waals surface area contributed by atoms with Crippen LogP contribution in [0.25, 0.3) is 11.3 Å². The predicted octanol–water partition coefficient (Wildman–Crippen LogP) is 5.87. The summed E-state index contributed by atoms with van der Waals surface area (Å²) in [6, 6.07) is 9.83. The molecule has 3 heterocycles. The van der Waals surface area contributed by atoms with Crippen molar-refractivity contribution in [2.24, 2.45) is 10.7 Å². The molecule has 0 radical (unpaired) electrons. The second-order valence-corrected chi connectivity index (χ2v) is 12.2. The zero-order valence-corrected chi connectivity index (χ0v) is 25.3. The molecule has 222 valence electrons. The first-order valence-electron chi connectivity index (χ1n) is 14.1. The van der Waals surface area contributed by atoms with Crippen molar-refractivity contribution in [2.45, 2.75) is 44.3 Å². The van der Waals surface area contributed by atoms with Crippen LogP contribution in [0.5, 0.6) is 5.75 Å². The number of fused-ring (bicyclic) bond motifs is 3. The summed E-state index contributed by atoms with van der Waals surface area (Å²) in [5.74, 6) is 0.232. The van der Waals surface area contributed by atoms with Crippen LogP contribution >= 0.6 is 23.2 Å². The molecule has 3 aliphatic rings. The lowest BCUT2D eigenvalue weighted by Gasteiger charge is -2.37. The molecule has 43 heavy (non-hydrogen) atoms. The van der Waals surface area contributed by atoms with Crippen LogP contribution < -0.4 is 15.8 Å². The molecule has 0 spiro atoms. The third-order valence-electron chi connectivity index (χ3n) is 8.12. The molecule has 8 nitrogen and oxygen atoms in total. The minimum absolute atomic E-state index is 0.0750. The number of nitrogens with one attached hydrogen (secondary N) is 1. The number of likely N-dealkylation sites (tertiary alicyclic amines) is 1. The van der Waals surface area contributed by atoms with E-state index in [0.29, 0.717) is 63.8 Å². The van der Waals surface area contributed by atoms with Crippen molar-refractivity contribution in [1.29, 1.82) is 0 Å². The highest BCUT2D eigenvalue weighted by atomic mass is 35.5. The lowest BCUT2D eigenvalue weighted by molar-refractivity contribution is -0.128. The minimum Gasteiger partial charge on any atom is -0.496 e. The highest BCUT2D eigenvalue weighted by Gasteiger charge is 2.31. The first-order valence-corrected chi connectivity index (χ1v) is 14.8. The maximum absolute atomic E-state index is 15.2. The Labute approximate surface area is 259 Å². The largest absolute Gasteiger partial charge is 0.496 e. The van der Waals surface area contributed by atoms with E-state index in [9.17, 15) is 4.79 Å². The third kappa shape index (κ3) is 5.89. The lowest BCUT2D eigenvalue weighted by Crippen LogP contribution is -2.50. The quantitative estimate of drug-likeness (QED) is 0.370. The molecule has 1 amide bonds. The van der Waals surface area contributed by atoms with Crippen molar-refractivity contribution in [2.75, 3.05) is 25.5 Å². The number of carbonyl (C=O) groups is 1. The smallest absolute Gasteiger partial charge is 0.255 e. The lowest BCUT2D eigenvalue weighted by atomic mass is 9.90. The summed E-state index contributed by atoms with van der Waals surface area (Å²) in [4.78, 5) is 29.1. The zero-order chi connectivity index (χ0) is 30.3. The van der Waals surface area contributed by atoms with E-state index in [-0.39, 0.29) is 29.6 Å². The van der Waals surface area contributed by atoms with Gasteiger partial charge in [-0.1, -0.05) is 47.5 Å². The average Bonchev–Trinajstić information content (AvgIpc) is 3.13. The zero-order valence-electron chi connectivity index (χ0n) is 23.8. The van der Waals surface area contributed by atoms with Crippen molar-refractivity contribution in [3.8, 4) is 17.0 Å². The number of piperidine rings is 1. The van der Waals surface area contributed by atoms with Gasteiger partial charge in [-0.2, -0.15) is 0 Å². The number of halogens is 3. The van der Waals surface area contributed by atoms with Crippen LogP contribution in [-0.4, -0.2) is 58.3 Å². The Kier molecular flexibility index (Phi) is 7.98. The maximum Gasteiger partial charge on any atom is 0.255 e. The van der Waals surface area contributed by atoms with Gasteiger partial charge < -0.3 is 20.7 Å². The summed E-state index contributed by atoms with van der Waals surface area (Å²) in [5.41, 5.74) is 9.99. The monoisotopic (exact) mass is 620 g/mol. The number of nitrogens with zero attached hydrogens (tertiary/aromatic N) is 4. The number of hydrogen-bond acceptors (Lipinski definition) is 7. The van der Waals surface area contributed by atoms with Crippen LogP contribution in [0.1, 0.15) is 42.9 Å². The van der Waals surface area contributed by atoms with Crippen LogP contribution in [0.15, 0.2) is 70.3 Å². The van der Waals surface area contributed by atoms with Gasteiger partial charge in [-0.3, -0.25) is 9.79 Å². The highest BCUT2D eigenvalue weighted by Crippen LogP contribution is 2.36. The van der Waals surface area contributed by atoms with E-state index in [1.807, 2.05) is 24.0 Å². The first kappa shape index (κ1) is 29.3. The Hall–Kier alpha value is -3.79. The van der Waals surface area contributed by atoms with Crippen molar-refractivity contribution in [3.05, 3.63) is 92.9 Å². The number of aromatic nitrogens is 2. The van der Waals surface area contributed by atoms with Gasteiger partial charge in [-0.25, -0.2) is 14.4 Å². The number of nitrogens with two attached hydrogens (primary N) is 1. The number of hydrogen-bond donors (Lipinski definition) is 2. The number of methoxy groups -OCH3 is 1. The van der Waals surface area contributed by atoms with Gasteiger partial charge >= 0.3 is 0 Å². The molecule has 2 aromatic carbocycles. The molecule has 1 unspecified atom stereocenters. The average molecular weight is 622 g/mol. The number of benzene rings is 2. The van der Waals surface area contributed by atoms with Crippen LogP contribution in [0, 0.1) is 5.82 Å². The summed E-state index contributed by atoms with van der Waals surface area (Å²) < 4.78 is 20.6. The number of amides is 1. The molecule has 3 aromatic rings. The molecule has 1 aliphatic carbocycles. The molecule has 1 aromatic heterocycles. The number of anilines is 1. The maximum atomic E-state index is 15.2. The van der Waals surface area contributed by atoms with E-state index in [4.69, 9.17) is 43.6 Å². The first-order chi connectivity index (χ1) is 20.6. The molecule has 1 fully saturated rings. The normalized spacial score (nSPS) is 19.3. The minimum atomic E-state index is -0.451. The van der Waals surface area contributed by atoms with Gasteiger partial charge in [0, 0.05) is 58.0 Å². The van der Waals surface area contributed by atoms with Gasteiger partial charge in [-0.05, 0) is 44.0 Å². The molecule has 0 saturated carbocycles. The Morgan fingerprint density at radius 2 is 1.98 bits per heavy atom. The summed E-state index contributed by atoms with van der Waals surface area (Å²) in [7, 11) is 1.50. The Morgan fingerprint density at radius 3 is 2.72 bits per heavy atom. The number of ether oxygens (including phenoxy) is 1. The van der Waals surface area contributed by atoms with Crippen molar-refractivity contribution in [1.82, 2.24) is 14.9 Å². The standard InChI is InChI=1S/C32H31Cl2FN6O2/c1-32(36)10-12-41(13-11-32)30(42)22-9-7-20(15-24(22)34)39-31-38-17-18-16-37-29(27-25(35)4-3-5-26(27)43-2)23-14-19(33)6-8-21(23)28(18)40-31/h3-9,14,17,20H,10-13,15-16,36H2,1-2H3,(H,38,39,40). The number of aliphatic imine (C=N–C) groups is 1. The Bertz CT molecular complexity index is 1690. The second kappa shape index (κ2) is 11.7. The van der Waals surface area contributed by atoms with E-state index in [2.05, 4.69) is 10.3 Å². The fourth-order valence-electron chi connectivity index (χ4n) is 5.63. The fourth-order valence-corrected chi connectivity index (χ4v) is 6.11. The Morgan fingerprint density at radius 1 is 1.19 bits per heavy atom. The number of carbonyl (C=O) groups excluding carboxylic acids is 1. The van der Waals surface area contributed by atoms with Gasteiger partial charge in [0.05, 0.1) is 42.2 Å². The predicted molar refractivity (Wildman–Crippen MR) is 167 cm³/mol. The summed E-state index contributed by atoms with van der Waals surface area (Å²) in [6.45, 7) is 3.47. The molecule has 6 rings (SSSR count). The van der Waals surface area contributed by atoms with Crippen molar-refractivity contribution < 1.29 is 13.9 Å². The second-order valence-electron chi connectivity index (χ2n) is 11.3. The van der Waals surface area contributed by atoms with Gasteiger partial charge in [0.25, 0.3) is 5.91 Å². The van der Waals surface area contributed by atoms with E-state index < -0.39 is 5.82 Å². The van der Waals surface area contributed by atoms with Gasteiger partial charge in [0.15, 0.2) is 0 Å². The van der Waals surface area contributed by atoms with Crippen LogP contribution in [0.4, 0.5) is 10.3 Å². The van der Waals surface area contributed by atoms with E-state index >= 15 is 4.39 Å². The SMILES string of the molecule is COc1cccc(F)c1C1=NCc2cnc(NC3C=CC(C(=O)N4CCC(C)(N)CC4)=C(Cl)C3)nc2-c2ccc(Cl)cc21. The molecule has 2 aliphatic heterocycles. The topological polar surface area (TPSA) is 106 Å². The third-order valence-corrected chi connectivity index (χ3v) is 8.71. The van der Waals surface area contributed by atoms with Crippen LogP contribution in [-0.2, 0) is 11.3 Å². The molecule has 1 atom stereocenters. The van der Waals surface area contributed by atoms with E-state index in [0.717, 1.165) is 24.0 Å². The summed E-state index contributed by atoms with van der Waals surface area (Å²) in [5, 5.41) is 4.30. The van der Waals surface area contributed by atoms with Gasteiger partial charge in [-0.15, -0.1) is 0 Å². The van der Waals surface area contributed by atoms with E-state index in [1.54, 1.807) is 36.5 Å². The number of rotatable bonds is 5. The van der Waals surface area contributed by atoms with Crippen LogP contribution in [0.3, 0.4) is 0 Å². The Balaban J connectivity index is 1.25. The van der Waals surface area contributed by atoms with Crippen molar-refractivity contribution in [3.63, 3.8) is 0 Å². The van der Waals surface area contributed by atoms with E-state index in [1.165, 1.54) is 13.2 Å². The molecule has 3 N–H and O–H groups in total.